The minimum atomic E-state index is -4.27. The van der Waals surface area contributed by atoms with Gasteiger partial charge in [0.05, 0.1) is 4.90 Å². The number of nitrogens with two attached hydrogens (primary N) is 2. The first-order chi connectivity index (χ1) is 7.39. The van der Waals surface area contributed by atoms with Crippen molar-refractivity contribution in [2.75, 3.05) is 11.5 Å². The Hall–Kier alpha value is -1.79. The summed E-state index contributed by atoms with van der Waals surface area (Å²) in [4.78, 5) is -0.254. The van der Waals surface area contributed by atoms with Gasteiger partial charge < -0.3 is 11.5 Å². The van der Waals surface area contributed by atoms with Crippen LogP contribution in [0.15, 0.2) is 35.2 Å². The monoisotopic (exact) mass is 238 g/mol. The van der Waals surface area contributed by atoms with Gasteiger partial charge in [-0.25, -0.2) is 0 Å². The second-order valence-corrected chi connectivity index (χ2v) is 4.85. The molecule has 0 saturated heterocycles. The highest BCUT2D eigenvalue weighted by Crippen LogP contribution is 2.29. The van der Waals surface area contributed by atoms with Gasteiger partial charge in [0.1, 0.15) is 0 Å². The van der Waals surface area contributed by atoms with Crippen molar-refractivity contribution in [1.29, 1.82) is 0 Å². The fourth-order valence-corrected chi connectivity index (χ4v) is 2.10. The molecule has 16 heavy (non-hydrogen) atoms. The molecule has 0 atom stereocenters. The highest BCUT2D eigenvalue weighted by molar-refractivity contribution is 7.85. The Balaban J connectivity index is 2.91. The molecule has 0 fully saturated rings. The summed E-state index contributed by atoms with van der Waals surface area (Å²) in [7, 11) is -4.27. The molecule has 2 aromatic carbocycles. The molecule has 2 rings (SSSR count). The van der Waals surface area contributed by atoms with Crippen LogP contribution in [0.5, 0.6) is 0 Å². The number of benzene rings is 2. The zero-order valence-electron chi connectivity index (χ0n) is 8.21. The number of hydrogen-bond acceptors (Lipinski definition) is 4. The van der Waals surface area contributed by atoms with Crippen LogP contribution in [0.2, 0.25) is 0 Å². The number of hydrogen-bond donors (Lipinski definition) is 3. The molecule has 0 heterocycles. The maximum Gasteiger partial charge on any atom is 0.294 e. The number of nitrogen functional groups attached to an aromatic ring is 2. The van der Waals surface area contributed by atoms with E-state index in [4.69, 9.17) is 16.0 Å². The van der Waals surface area contributed by atoms with E-state index in [2.05, 4.69) is 0 Å². The van der Waals surface area contributed by atoms with Gasteiger partial charge in [0, 0.05) is 22.1 Å². The van der Waals surface area contributed by atoms with E-state index in [0.717, 1.165) is 0 Å². The molecule has 5 N–H and O–H groups in total. The van der Waals surface area contributed by atoms with Gasteiger partial charge in [-0.1, -0.05) is 12.1 Å². The summed E-state index contributed by atoms with van der Waals surface area (Å²) in [5, 5.41) is 1.17. The maximum atomic E-state index is 11.0. The maximum absolute atomic E-state index is 11.0. The van der Waals surface area contributed by atoms with Crippen LogP contribution in [0, 0.1) is 0 Å². The van der Waals surface area contributed by atoms with Gasteiger partial charge in [0.2, 0.25) is 0 Å². The zero-order chi connectivity index (χ0) is 11.9. The van der Waals surface area contributed by atoms with Crippen molar-refractivity contribution in [3.05, 3.63) is 30.3 Å². The van der Waals surface area contributed by atoms with Crippen molar-refractivity contribution in [2.45, 2.75) is 4.90 Å². The van der Waals surface area contributed by atoms with Crippen LogP contribution in [-0.2, 0) is 10.1 Å². The number of anilines is 2. The summed E-state index contributed by atoms with van der Waals surface area (Å²) in [6.07, 6.45) is 0. The van der Waals surface area contributed by atoms with Crippen molar-refractivity contribution in [3.63, 3.8) is 0 Å². The Bertz CT molecular complexity index is 665. The van der Waals surface area contributed by atoms with E-state index in [-0.39, 0.29) is 10.6 Å². The minimum Gasteiger partial charge on any atom is -0.398 e. The second-order valence-electron chi connectivity index (χ2n) is 3.43. The molecule has 6 heteroatoms. The standard InChI is InChI=1S/C10H10N2O3S/c11-9-3-1-2-7-8(9)4-6(5-10(7)12)16(13,14)15/h1-5H,11-12H2,(H,13,14,15). The predicted octanol–water partition coefficient (Wildman–Crippen LogP) is 1.25. The van der Waals surface area contributed by atoms with Gasteiger partial charge in [0.25, 0.3) is 10.1 Å². The van der Waals surface area contributed by atoms with Crippen LogP contribution >= 0.6 is 0 Å². The van der Waals surface area contributed by atoms with E-state index in [1.165, 1.54) is 12.1 Å². The Morgan fingerprint density at radius 3 is 2.31 bits per heavy atom. The second kappa shape index (κ2) is 3.36. The van der Waals surface area contributed by atoms with E-state index in [1.807, 2.05) is 0 Å². The lowest BCUT2D eigenvalue weighted by Gasteiger charge is -2.07. The molecular formula is C10H10N2O3S. The summed E-state index contributed by atoms with van der Waals surface area (Å²) in [6, 6.07) is 7.60. The van der Waals surface area contributed by atoms with Crippen LogP contribution < -0.4 is 11.5 Å². The molecule has 2 aromatic rings. The molecule has 0 unspecified atom stereocenters. The van der Waals surface area contributed by atoms with Gasteiger partial charge in [-0.15, -0.1) is 0 Å². The lowest BCUT2D eigenvalue weighted by atomic mass is 10.1. The smallest absolute Gasteiger partial charge is 0.294 e. The van der Waals surface area contributed by atoms with E-state index < -0.39 is 10.1 Å². The average Bonchev–Trinajstić information content (AvgIpc) is 2.18. The van der Waals surface area contributed by atoms with Crippen molar-refractivity contribution in [3.8, 4) is 0 Å². The SMILES string of the molecule is Nc1cc(S(=O)(=O)O)cc2c(N)cccc12. The third kappa shape index (κ3) is 1.68. The Kier molecular flexibility index (Phi) is 2.25. The van der Waals surface area contributed by atoms with Gasteiger partial charge in [-0.2, -0.15) is 8.42 Å². The normalized spacial score (nSPS) is 11.8. The van der Waals surface area contributed by atoms with Crippen LogP contribution in [0.3, 0.4) is 0 Å². The topological polar surface area (TPSA) is 106 Å². The first-order valence-corrected chi connectivity index (χ1v) is 5.89. The molecular weight excluding hydrogens is 228 g/mol. The van der Waals surface area contributed by atoms with Crippen molar-refractivity contribution < 1.29 is 13.0 Å². The zero-order valence-corrected chi connectivity index (χ0v) is 9.03. The van der Waals surface area contributed by atoms with E-state index in [1.54, 1.807) is 18.2 Å². The molecule has 0 aliphatic heterocycles. The van der Waals surface area contributed by atoms with Crippen LogP contribution in [0.25, 0.3) is 10.8 Å². The van der Waals surface area contributed by atoms with Crippen molar-refractivity contribution >= 4 is 32.3 Å². The summed E-state index contributed by atoms with van der Waals surface area (Å²) in [5.41, 5.74) is 12.1. The number of rotatable bonds is 1. The van der Waals surface area contributed by atoms with Crippen LogP contribution in [0.1, 0.15) is 0 Å². The van der Waals surface area contributed by atoms with E-state index in [9.17, 15) is 8.42 Å². The van der Waals surface area contributed by atoms with Crippen molar-refractivity contribution in [1.82, 2.24) is 0 Å². The Morgan fingerprint density at radius 2 is 1.69 bits per heavy atom. The first-order valence-electron chi connectivity index (χ1n) is 4.45. The fraction of sp³-hybridized carbons (Fsp3) is 0. The quantitative estimate of drug-likeness (QED) is 0.512. The van der Waals surface area contributed by atoms with E-state index in [0.29, 0.717) is 16.5 Å². The van der Waals surface area contributed by atoms with E-state index >= 15 is 0 Å². The van der Waals surface area contributed by atoms with Gasteiger partial charge in [-0.05, 0) is 18.2 Å². The third-order valence-electron chi connectivity index (χ3n) is 2.33. The molecule has 84 valence electrons. The molecule has 0 amide bonds. The summed E-state index contributed by atoms with van der Waals surface area (Å²) in [5.74, 6) is 0. The van der Waals surface area contributed by atoms with Crippen molar-refractivity contribution in [2.24, 2.45) is 0 Å². The molecule has 0 aliphatic carbocycles. The Labute approximate surface area is 92.4 Å². The molecule has 0 bridgehead atoms. The molecule has 0 saturated carbocycles. The van der Waals surface area contributed by atoms with Gasteiger partial charge >= 0.3 is 0 Å². The number of fused-ring (bicyclic) bond motifs is 1. The molecule has 0 spiro atoms. The summed E-state index contributed by atoms with van der Waals surface area (Å²) < 4.78 is 30.9. The fourth-order valence-electron chi connectivity index (χ4n) is 1.56. The third-order valence-corrected chi connectivity index (χ3v) is 3.16. The lowest BCUT2D eigenvalue weighted by Crippen LogP contribution is -2.01. The van der Waals surface area contributed by atoms with Crippen LogP contribution in [-0.4, -0.2) is 13.0 Å². The minimum absolute atomic E-state index is 0.254. The molecule has 5 nitrogen and oxygen atoms in total. The molecule has 0 aliphatic rings. The first kappa shape index (κ1) is 10.7. The highest BCUT2D eigenvalue weighted by Gasteiger charge is 2.13. The summed E-state index contributed by atoms with van der Waals surface area (Å²) in [6.45, 7) is 0. The Morgan fingerprint density at radius 1 is 1.00 bits per heavy atom. The highest BCUT2D eigenvalue weighted by atomic mass is 32.2. The van der Waals surface area contributed by atoms with Gasteiger partial charge in [-0.3, -0.25) is 4.55 Å². The largest absolute Gasteiger partial charge is 0.398 e. The molecule has 0 radical (unpaired) electrons. The predicted molar refractivity (Wildman–Crippen MR) is 62.6 cm³/mol. The average molecular weight is 238 g/mol. The lowest BCUT2D eigenvalue weighted by molar-refractivity contribution is 0.483. The summed E-state index contributed by atoms with van der Waals surface area (Å²) >= 11 is 0. The van der Waals surface area contributed by atoms with Gasteiger partial charge in [0.15, 0.2) is 0 Å². The molecule has 0 aromatic heterocycles. The van der Waals surface area contributed by atoms with Crippen LogP contribution in [0.4, 0.5) is 11.4 Å².